The van der Waals surface area contributed by atoms with Gasteiger partial charge in [-0.15, -0.1) is 0 Å². The molecule has 0 aliphatic heterocycles. The van der Waals surface area contributed by atoms with Gasteiger partial charge in [-0.2, -0.15) is 0 Å². The van der Waals surface area contributed by atoms with Crippen molar-refractivity contribution in [2.75, 3.05) is 0 Å². The molecule has 1 fully saturated rings. The molecule has 1 saturated carbocycles. The molecular formula is C13H17NO3. The third-order valence-electron chi connectivity index (χ3n) is 3.72. The summed E-state index contributed by atoms with van der Waals surface area (Å²) in [7, 11) is 0. The molecule has 1 aliphatic carbocycles. The van der Waals surface area contributed by atoms with Crippen LogP contribution in [0.1, 0.15) is 30.4 Å². The zero-order valence-corrected chi connectivity index (χ0v) is 9.93. The third kappa shape index (κ3) is 2.47. The summed E-state index contributed by atoms with van der Waals surface area (Å²) in [5, 5.41) is 20.6. The summed E-state index contributed by atoms with van der Waals surface area (Å²) < 4.78 is 0. The number of rotatable bonds is 3. The number of aliphatic hydroxyl groups excluding tert-OH is 1. The van der Waals surface area contributed by atoms with E-state index in [0.717, 1.165) is 36.8 Å². The number of aliphatic hydroxyl groups is 1. The Morgan fingerprint density at radius 3 is 2.82 bits per heavy atom. The lowest BCUT2D eigenvalue weighted by Crippen LogP contribution is -2.16. The quantitative estimate of drug-likeness (QED) is 0.647. The lowest BCUT2D eigenvalue weighted by Gasteiger charge is -2.15. The van der Waals surface area contributed by atoms with Gasteiger partial charge < -0.3 is 5.11 Å². The number of benzene rings is 1. The van der Waals surface area contributed by atoms with E-state index in [4.69, 9.17) is 0 Å². The molecule has 1 aromatic carbocycles. The molecule has 0 heterocycles. The minimum atomic E-state index is -0.343. The Balaban J connectivity index is 2.21. The molecule has 0 amide bonds. The molecule has 0 radical (unpaired) electrons. The van der Waals surface area contributed by atoms with Crippen molar-refractivity contribution in [1.29, 1.82) is 0 Å². The van der Waals surface area contributed by atoms with Gasteiger partial charge in [-0.3, -0.25) is 10.1 Å². The Morgan fingerprint density at radius 2 is 2.24 bits per heavy atom. The molecule has 0 bridgehead atoms. The molecule has 2 rings (SSSR count). The Kier molecular flexibility index (Phi) is 3.43. The highest BCUT2D eigenvalue weighted by Crippen LogP contribution is 2.31. The van der Waals surface area contributed by atoms with E-state index in [-0.39, 0.29) is 22.6 Å². The maximum Gasteiger partial charge on any atom is 0.272 e. The number of nitro benzene ring substituents is 1. The Bertz CT molecular complexity index is 431. The first-order chi connectivity index (χ1) is 8.09. The molecule has 2 unspecified atom stereocenters. The molecule has 1 aliphatic rings. The van der Waals surface area contributed by atoms with Crippen molar-refractivity contribution in [3.63, 3.8) is 0 Å². The van der Waals surface area contributed by atoms with Crippen molar-refractivity contribution in [3.8, 4) is 0 Å². The van der Waals surface area contributed by atoms with Crippen LogP contribution in [0.5, 0.6) is 0 Å². The standard InChI is InChI=1S/C13H17NO3/c1-9-10(4-2-6-12(9)14(16)17)8-11-5-3-7-13(11)15/h2,4,6,11,13,15H,3,5,7-8H2,1H3. The van der Waals surface area contributed by atoms with Crippen LogP contribution < -0.4 is 0 Å². The highest BCUT2D eigenvalue weighted by atomic mass is 16.6. The van der Waals surface area contributed by atoms with Crippen LogP contribution in [0.3, 0.4) is 0 Å². The summed E-state index contributed by atoms with van der Waals surface area (Å²) in [5.41, 5.74) is 1.90. The second kappa shape index (κ2) is 4.84. The van der Waals surface area contributed by atoms with E-state index >= 15 is 0 Å². The molecule has 0 aromatic heterocycles. The first-order valence-corrected chi connectivity index (χ1v) is 6.00. The summed E-state index contributed by atoms with van der Waals surface area (Å²) >= 11 is 0. The molecular weight excluding hydrogens is 218 g/mol. The molecule has 1 aromatic rings. The predicted octanol–water partition coefficient (Wildman–Crippen LogP) is 2.61. The van der Waals surface area contributed by atoms with Gasteiger partial charge in [0, 0.05) is 11.6 Å². The van der Waals surface area contributed by atoms with Crippen LogP contribution in [0.15, 0.2) is 18.2 Å². The monoisotopic (exact) mass is 235 g/mol. The van der Waals surface area contributed by atoms with Gasteiger partial charge in [-0.1, -0.05) is 18.6 Å². The minimum Gasteiger partial charge on any atom is -0.393 e. The second-order valence-electron chi connectivity index (χ2n) is 4.78. The van der Waals surface area contributed by atoms with E-state index < -0.39 is 0 Å². The molecule has 92 valence electrons. The van der Waals surface area contributed by atoms with Gasteiger partial charge in [0.05, 0.1) is 11.0 Å². The van der Waals surface area contributed by atoms with Crippen molar-refractivity contribution >= 4 is 5.69 Å². The molecule has 0 spiro atoms. The largest absolute Gasteiger partial charge is 0.393 e. The maximum atomic E-state index is 10.8. The van der Waals surface area contributed by atoms with Crippen molar-refractivity contribution in [2.24, 2.45) is 5.92 Å². The third-order valence-corrected chi connectivity index (χ3v) is 3.72. The van der Waals surface area contributed by atoms with Crippen molar-refractivity contribution in [1.82, 2.24) is 0 Å². The van der Waals surface area contributed by atoms with E-state index in [1.54, 1.807) is 13.0 Å². The molecule has 0 saturated heterocycles. The second-order valence-corrected chi connectivity index (χ2v) is 4.78. The zero-order valence-electron chi connectivity index (χ0n) is 9.93. The number of hydrogen-bond donors (Lipinski definition) is 1. The fourth-order valence-corrected chi connectivity index (χ4v) is 2.63. The first-order valence-electron chi connectivity index (χ1n) is 6.00. The summed E-state index contributed by atoms with van der Waals surface area (Å²) in [5.74, 6) is 0.260. The fraction of sp³-hybridized carbons (Fsp3) is 0.538. The van der Waals surface area contributed by atoms with Crippen LogP contribution in [0.4, 0.5) is 5.69 Å². The van der Waals surface area contributed by atoms with Gasteiger partial charge in [-0.05, 0) is 37.7 Å². The van der Waals surface area contributed by atoms with Crippen LogP contribution in [-0.2, 0) is 6.42 Å². The van der Waals surface area contributed by atoms with Crippen LogP contribution >= 0.6 is 0 Å². The van der Waals surface area contributed by atoms with Crippen molar-refractivity contribution in [2.45, 2.75) is 38.7 Å². The van der Waals surface area contributed by atoms with Crippen LogP contribution in [-0.4, -0.2) is 16.1 Å². The van der Waals surface area contributed by atoms with Gasteiger partial charge >= 0.3 is 0 Å². The summed E-state index contributed by atoms with van der Waals surface area (Å²) in [6.45, 7) is 1.79. The van der Waals surface area contributed by atoms with Crippen LogP contribution in [0.25, 0.3) is 0 Å². The SMILES string of the molecule is Cc1c(CC2CCCC2O)cccc1[N+](=O)[O-]. The zero-order chi connectivity index (χ0) is 12.4. The van der Waals surface area contributed by atoms with Crippen molar-refractivity contribution < 1.29 is 10.0 Å². The molecule has 2 atom stereocenters. The molecule has 17 heavy (non-hydrogen) atoms. The summed E-state index contributed by atoms with van der Waals surface area (Å²) in [6.07, 6.45) is 3.44. The van der Waals surface area contributed by atoms with E-state index in [1.807, 2.05) is 6.07 Å². The van der Waals surface area contributed by atoms with Gasteiger partial charge in [0.25, 0.3) is 5.69 Å². The smallest absolute Gasteiger partial charge is 0.272 e. The lowest BCUT2D eigenvalue weighted by molar-refractivity contribution is -0.385. The maximum absolute atomic E-state index is 10.8. The number of nitro groups is 1. The Hall–Kier alpha value is -1.42. The van der Waals surface area contributed by atoms with Gasteiger partial charge in [0.2, 0.25) is 0 Å². The van der Waals surface area contributed by atoms with Crippen molar-refractivity contribution in [3.05, 3.63) is 39.4 Å². The lowest BCUT2D eigenvalue weighted by atomic mass is 9.93. The normalized spacial score (nSPS) is 23.9. The van der Waals surface area contributed by atoms with E-state index in [2.05, 4.69) is 0 Å². The Labute approximate surface area is 100 Å². The molecule has 4 heteroatoms. The topological polar surface area (TPSA) is 63.4 Å². The fourth-order valence-electron chi connectivity index (χ4n) is 2.63. The summed E-state index contributed by atoms with van der Waals surface area (Å²) in [6, 6.07) is 5.18. The Morgan fingerprint density at radius 1 is 1.47 bits per heavy atom. The van der Waals surface area contributed by atoms with Crippen LogP contribution in [0.2, 0.25) is 0 Å². The summed E-state index contributed by atoms with van der Waals surface area (Å²) in [4.78, 5) is 10.5. The number of hydrogen-bond acceptors (Lipinski definition) is 3. The molecule has 1 N–H and O–H groups in total. The molecule has 4 nitrogen and oxygen atoms in total. The average Bonchev–Trinajstić information content (AvgIpc) is 2.67. The predicted molar refractivity (Wildman–Crippen MR) is 64.9 cm³/mol. The van der Waals surface area contributed by atoms with Gasteiger partial charge in [0.15, 0.2) is 0 Å². The number of nitrogens with zero attached hydrogens (tertiary/aromatic N) is 1. The first kappa shape index (κ1) is 12.0. The average molecular weight is 235 g/mol. The van der Waals surface area contributed by atoms with Crippen LogP contribution in [0, 0.1) is 23.0 Å². The highest BCUT2D eigenvalue weighted by molar-refractivity contribution is 5.44. The minimum absolute atomic E-state index is 0.176. The van der Waals surface area contributed by atoms with E-state index in [0.29, 0.717) is 0 Å². The van der Waals surface area contributed by atoms with Gasteiger partial charge in [0.1, 0.15) is 0 Å². The van der Waals surface area contributed by atoms with Gasteiger partial charge in [-0.25, -0.2) is 0 Å². The van der Waals surface area contributed by atoms with E-state index in [1.165, 1.54) is 6.07 Å². The highest BCUT2D eigenvalue weighted by Gasteiger charge is 2.26. The van der Waals surface area contributed by atoms with E-state index in [9.17, 15) is 15.2 Å².